The highest BCUT2D eigenvalue weighted by molar-refractivity contribution is 5.89. The fourth-order valence-electron chi connectivity index (χ4n) is 6.36. The number of carbonyl (C=O) groups is 4. The van der Waals surface area contributed by atoms with Gasteiger partial charge in [-0.3, -0.25) is 14.9 Å². The van der Waals surface area contributed by atoms with E-state index in [1.54, 1.807) is 18.7 Å². The van der Waals surface area contributed by atoms with E-state index >= 15 is 0 Å². The van der Waals surface area contributed by atoms with Crippen LogP contribution in [-0.2, 0) is 41.8 Å². The fraction of sp³-hybridized carbons (Fsp3) is 0.543. The van der Waals surface area contributed by atoms with E-state index in [9.17, 15) is 19.2 Å². The van der Waals surface area contributed by atoms with E-state index in [1.165, 1.54) is 0 Å². The van der Waals surface area contributed by atoms with Crippen molar-refractivity contribution in [1.82, 2.24) is 15.5 Å². The minimum absolute atomic E-state index is 0.0152. The van der Waals surface area contributed by atoms with Gasteiger partial charge >= 0.3 is 18.0 Å². The summed E-state index contributed by atoms with van der Waals surface area (Å²) in [5.74, 6) is -0.756. The number of rotatable bonds is 15. The standard InChI is InChI=1S/C35H47N3O7/c1-3-43-33(40)29(19-12-13-21-36-35(42)45-24-27-16-8-5-9-17-27)37-25(2)32(39)38-30-20-11-10-18-28(30)22-31(38)34(41)44-23-26-14-6-4-7-15-26/h4-9,14-17,25,28-31,37H,3,10-13,18-24H2,1-2H3,(H,36,42)/t25-,28?,29-,30?,31-/m0/s1. The average molecular weight is 622 g/mol. The first-order valence-corrected chi connectivity index (χ1v) is 16.3. The smallest absolute Gasteiger partial charge is 0.407 e. The van der Waals surface area contributed by atoms with Crippen molar-refractivity contribution in [2.45, 2.75) is 103 Å². The van der Waals surface area contributed by atoms with Crippen LogP contribution >= 0.6 is 0 Å². The second-order valence-corrected chi connectivity index (χ2v) is 11.9. The Labute approximate surface area is 266 Å². The lowest BCUT2D eigenvalue weighted by molar-refractivity contribution is -0.157. The summed E-state index contributed by atoms with van der Waals surface area (Å²) >= 11 is 0. The van der Waals surface area contributed by atoms with Crippen LogP contribution in [0.3, 0.4) is 0 Å². The summed E-state index contributed by atoms with van der Waals surface area (Å²) < 4.78 is 16.2. The number of alkyl carbamates (subject to hydrolysis) is 1. The molecule has 10 heteroatoms. The second kappa shape index (κ2) is 17.5. The molecule has 5 atom stereocenters. The highest BCUT2D eigenvalue weighted by Gasteiger charge is 2.49. The summed E-state index contributed by atoms with van der Waals surface area (Å²) in [6.07, 6.45) is 5.69. The van der Waals surface area contributed by atoms with Gasteiger partial charge in [0.2, 0.25) is 5.91 Å². The topological polar surface area (TPSA) is 123 Å². The first-order valence-electron chi connectivity index (χ1n) is 16.3. The van der Waals surface area contributed by atoms with Crippen LogP contribution in [0.15, 0.2) is 60.7 Å². The molecule has 1 heterocycles. The van der Waals surface area contributed by atoms with Gasteiger partial charge in [0.05, 0.1) is 12.6 Å². The quantitative estimate of drug-likeness (QED) is 0.164. The molecule has 45 heavy (non-hydrogen) atoms. The maximum Gasteiger partial charge on any atom is 0.407 e. The van der Waals surface area contributed by atoms with E-state index in [4.69, 9.17) is 14.2 Å². The number of esters is 2. The molecule has 2 aromatic rings. The lowest BCUT2D eigenvalue weighted by Gasteiger charge is -2.35. The normalized spacial score (nSPS) is 20.4. The van der Waals surface area contributed by atoms with Crippen molar-refractivity contribution in [1.29, 1.82) is 0 Å². The van der Waals surface area contributed by atoms with Crippen molar-refractivity contribution < 1.29 is 33.4 Å². The van der Waals surface area contributed by atoms with Crippen molar-refractivity contribution in [3.63, 3.8) is 0 Å². The number of fused-ring (bicyclic) bond motifs is 1. The minimum Gasteiger partial charge on any atom is -0.465 e. The van der Waals surface area contributed by atoms with Gasteiger partial charge < -0.3 is 24.4 Å². The molecule has 0 spiro atoms. The van der Waals surface area contributed by atoms with Crippen molar-refractivity contribution in [2.24, 2.45) is 5.92 Å². The monoisotopic (exact) mass is 621 g/mol. The maximum absolute atomic E-state index is 14.0. The number of nitrogens with zero attached hydrogens (tertiary/aromatic N) is 1. The Hall–Kier alpha value is -3.92. The second-order valence-electron chi connectivity index (χ2n) is 11.9. The number of unbranched alkanes of at least 4 members (excludes halogenated alkanes) is 1. The molecule has 0 radical (unpaired) electrons. The van der Waals surface area contributed by atoms with Gasteiger partial charge in [-0.05, 0) is 69.4 Å². The van der Waals surface area contributed by atoms with Crippen LogP contribution < -0.4 is 10.6 Å². The van der Waals surface area contributed by atoms with E-state index in [2.05, 4.69) is 10.6 Å². The molecule has 4 rings (SSSR count). The van der Waals surface area contributed by atoms with E-state index in [-0.39, 0.29) is 43.7 Å². The third kappa shape index (κ3) is 10.0. The first kappa shape index (κ1) is 34.0. The van der Waals surface area contributed by atoms with Gasteiger partial charge in [-0.15, -0.1) is 0 Å². The molecule has 0 bridgehead atoms. The summed E-state index contributed by atoms with van der Waals surface area (Å²) in [4.78, 5) is 53.9. The molecule has 2 fully saturated rings. The van der Waals surface area contributed by atoms with E-state index in [1.807, 2.05) is 60.7 Å². The van der Waals surface area contributed by atoms with Crippen molar-refractivity contribution in [3.8, 4) is 0 Å². The molecular weight excluding hydrogens is 574 g/mol. The van der Waals surface area contributed by atoms with Crippen LogP contribution in [0.25, 0.3) is 0 Å². The van der Waals surface area contributed by atoms with Gasteiger partial charge in [0, 0.05) is 12.6 Å². The predicted octanol–water partition coefficient (Wildman–Crippen LogP) is 4.90. The molecule has 2 N–H and O–H groups in total. The van der Waals surface area contributed by atoms with Crippen LogP contribution in [0.4, 0.5) is 4.79 Å². The Morgan fingerprint density at radius 2 is 1.51 bits per heavy atom. The Bertz CT molecular complexity index is 1240. The van der Waals surface area contributed by atoms with Gasteiger partial charge in [0.1, 0.15) is 25.3 Å². The SMILES string of the molecule is CCOC(=O)[C@H](CCCCNC(=O)OCc1ccccc1)N[C@@H](C)C(=O)N1C2CCCCC2C[C@H]1C(=O)OCc1ccccc1. The molecule has 1 saturated carbocycles. The number of amides is 2. The lowest BCUT2D eigenvalue weighted by atomic mass is 9.84. The van der Waals surface area contributed by atoms with E-state index < -0.39 is 30.2 Å². The fourth-order valence-corrected chi connectivity index (χ4v) is 6.36. The summed E-state index contributed by atoms with van der Waals surface area (Å²) in [7, 11) is 0. The third-order valence-corrected chi connectivity index (χ3v) is 8.63. The van der Waals surface area contributed by atoms with E-state index in [0.717, 1.165) is 36.8 Å². The highest BCUT2D eigenvalue weighted by atomic mass is 16.5. The molecule has 244 valence electrons. The van der Waals surface area contributed by atoms with Crippen LogP contribution in [0.1, 0.15) is 76.3 Å². The summed E-state index contributed by atoms with van der Waals surface area (Å²) in [5.41, 5.74) is 1.80. The molecular formula is C35H47N3O7. The summed E-state index contributed by atoms with van der Waals surface area (Å²) in [5, 5.41) is 5.94. The molecule has 2 aromatic carbocycles. The lowest BCUT2D eigenvalue weighted by Crippen LogP contribution is -2.56. The zero-order chi connectivity index (χ0) is 32.0. The molecule has 1 aliphatic heterocycles. The van der Waals surface area contributed by atoms with Gasteiger partial charge in [-0.2, -0.15) is 0 Å². The Morgan fingerprint density at radius 1 is 0.867 bits per heavy atom. The molecule has 2 amide bonds. The van der Waals surface area contributed by atoms with Gasteiger partial charge in [-0.25, -0.2) is 9.59 Å². The molecule has 2 unspecified atom stereocenters. The number of ether oxygens (including phenoxy) is 3. The molecule has 10 nitrogen and oxygen atoms in total. The number of hydrogen-bond donors (Lipinski definition) is 2. The number of likely N-dealkylation sites (tertiary alicyclic amines) is 1. The van der Waals surface area contributed by atoms with Crippen molar-refractivity contribution in [2.75, 3.05) is 13.2 Å². The van der Waals surface area contributed by atoms with Crippen molar-refractivity contribution in [3.05, 3.63) is 71.8 Å². The Kier molecular flexibility index (Phi) is 13.2. The highest BCUT2D eigenvalue weighted by Crippen LogP contribution is 2.40. The summed E-state index contributed by atoms with van der Waals surface area (Å²) in [6, 6.07) is 16.9. The van der Waals surface area contributed by atoms with Crippen LogP contribution in [0, 0.1) is 5.92 Å². The molecule has 0 aromatic heterocycles. The van der Waals surface area contributed by atoms with E-state index in [0.29, 0.717) is 32.2 Å². The minimum atomic E-state index is -0.712. The zero-order valence-electron chi connectivity index (χ0n) is 26.5. The van der Waals surface area contributed by atoms with Crippen LogP contribution in [0.5, 0.6) is 0 Å². The Morgan fingerprint density at radius 3 is 2.18 bits per heavy atom. The number of carbonyl (C=O) groups excluding carboxylic acids is 4. The Balaban J connectivity index is 1.30. The molecule has 1 aliphatic carbocycles. The zero-order valence-corrected chi connectivity index (χ0v) is 26.5. The predicted molar refractivity (Wildman–Crippen MR) is 169 cm³/mol. The summed E-state index contributed by atoms with van der Waals surface area (Å²) in [6.45, 7) is 4.44. The number of hydrogen-bond acceptors (Lipinski definition) is 8. The van der Waals surface area contributed by atoms with Crippen LogP contribution in [-0.4, -0.2) is 66.2 Å². The third-order valence-electron chi connectivity index (χ3n) is 8.63. The number of benzene rings is 2. The average Bonchev–Trinajstić information content (AvgIpc) is 3.46. The van der Waals surface area contributed by atoms with Gasteiger partial charge in [-0.1, -0.05) is 73.5 Å². The van der Waals surface area contributed by atoms with Gasteiger partial charge in [0.15, 0.2) is 0 Å². The molecule has 1 saturated heterocycles. The number of nitrogens with one attached hydrogen (secondary N) is 2. The largest absolute Gasteiger partial charge is 0.465 e. The maximum atomic E-state index is 14.0. The van der Waals surface area contributed by atoms with Crippen LogP contribution in [0.2, 0.25) is 0 Å². The van der Waals surface area contributed by atoms with Crippen molar-refractivity contribution >= 4 is 23.9 Å². The first-order chi connectivity index (χ1) is 21.9. The molecule has 2 aliphatic rings. The van der Waals surface area contributed by atoms with Gasteiger partial charge in [0.25, 0.3) is 0 Å².